The average molecular weight is 471 g/mol. The van der Waals surface area contributed by atoms with Crippen molar-refractivity contribution in [2.75, 3.05) is 10.6 Å². The zero-order valence-corrected chi connectivity index (χ0v) is 20.1. The molecule has 3 heterocycles. The van der Waals surface area contributed by atoms with Gasteiger partial charge in [-0.2, -0.15) is 0 Å². The van der Waals surface area contributed by atoms with Gasteiger partial charge in [0, 0.05) is 30.0 Å². The molecule has 2 N–H and O–H groups in total. The lowest BCUT2D eigenvalue weighted by Gasteiger charge is -2.16. The highest BCUT2D eigenvalue weighted by atomic mass is 19.1. The molecule has 0 amide bonds. The van der Waals surface area contributed by atoms with Crippen LogP contribution in [0.5, 0.6) is 0 Å². The van der Waals surface area contributed by atoms with Gasteiger partial charge < -0.3 is 10.6 Å². The highest BCUT2D eigenvalue weighted by Gasteiger charge is 2.22. The monoisotopic (exact) mass is 470 g/mol. The Hall–Kier alpha value is -3.48. The second-order valence-electron chi connectivity index (χ2n) is 9.94. The SMILES string of the molecule is Cc1cc(NC2CCCC2)cn2c(-c3ccnc(NC4CCCC4)n3)c(-c3ccc(F)cc3)nc12. The van der Waals surface area contributed by atoms with E-state index in [9.17, 15) is 4.39 Å². The number of aromatic nitrogens is 4. The van der Waals surface area contributed by atoms with E-state index in [1.807, 2.05) is 6.07 Å². The number of benzene rings is 1. The predicted molar refractivity (Wildman–Crippen MR) is 138 cm³/mol. The van der Waals surface area contributed by atoms with E-state index >= 15 is 0 Å². The maximum atomic E-state index is 13.7. The van der Waals surface area contributed by atoms with Gasteiger partial charge in [0.15, 0.2) is 0 Å². The molecule has 7 heteroatoms. The van der Waals surface area contributed by atoms with Gasteiger partial charge in [0.1, 0.15) is 11.5 Å². The third kappa shape index (κ3) is 4.47. The normalized spacial score (nSPS) is 16.9. The first-order valence-electron chi connectivity index (χ1n) is 12.8. The largest absolute Gasteiger partial charge is 0.381 e. The number of hydrogen-bond donors (Lipinski definition) is 2. The van der Waals surface area contributed by atoms with Crippen LogP contribution in [-0.4, -0.2) is 31.4 Å². The number of hydrogen-bond acceptors (Lipinski definition) is 5. The molecule has 2 aliphatic rings. The zero-order valence-electron chi connectivity index (χ0n) is 20.1. The molecular formula is C28H31FN6. The molecule has 2 aliphatic carbocycles. The van der Waals surface area contributed by atoms with E-state index < -0.39 is 0 Å². The van der Waals surface area contributed by atoms with E-state index in [0.717, 1.165) is 52.4 Å². The van der Waals surface area contributed by atoms with E-state index in [2.05, 4.69) is 39.2 Å². The summed E-state index contributed by atoms with van der Waals surface area (Å²) in [4.78, 5) is 14.4. The lowest BCUT2D eigenvalue weighted by atomic mass is 10.1. The number of aryl methyl sites for hydroxylation is 1. The van der Waals surface area contributed by atoms with Crippen LogP contribution in [-0.2, 0) is 0 Å². The summed E-state index contributed by atoms with van der Waals surface area (Å²) >= 11 is 0. The molecule has 0 saturated heterocycles. The summed E-state index contributed by atoms with van der Waals surface area (Å²) in [7, 11) is 0. The van der Waals surface area contributed by atoms with Gasteiger partial charge in [0.05, 0.1) is 22.8 Å². The van der Waals surface area contributed by atoms with Gasteiger partial charge in [-0.25, -0.2) is 19.3 Å². The van der Waals surface area contributed by atoms with Crippen molar-refractivity contribution in [2.45, 2.75) is 70.4 Å². The second-order valence-corrected chi connectivity index (χ2v) is 9.94. The Balaban J connectivity index is 1.48. The predicted octanol–water partition coefficient (Wildman–Crippen LogP) is 6.61. The Kier molecular flexibility index (Phi) is 5.84. The molecule has 0 radical (unpaired) electrons. The summed E-state index contributed by atoms with van der Waals surface area (Å²) in [5.41, 5.74) is 6.38. The van der Waals surface area contributed by atoms with Gasteiger partial charge in [-0.1, -0.05) is 25.7 Å². The smallest absolute Gasteiger partial charge is 0.223 e. The van der Waals surface area contributed by atoms with Crippen molar-refractivity contribution in [3.63, 3.8) is 0 Å². The van der Waals surface area contributed by atoms with Crippen molar-refractivity contribution in [3.05, 3.63) is 60.2 Å². The summed E-state index contributed by atoms with van der Waals surface area (Å²) in [6, 6.07) is 11.6. The highest BCUT2D eigenvalue weighted by Crippen LogP contribution is 2.35. The summed E-state index contributed by atoms with van der Waals surface area (Å²) < 4.78 is 15.9. The van der Waals surface area contributed by atoms with Crippen molar-refractivity contribution < 1.29 is 4.39 Å². The molecule has 2 saturated carbocycles. The maximum absolute atomic E-state index is 13.7. The Labute approximate surface area is 205 Å². The molecule has 0 bridgehead atoms. The molecule has 2 fully saturated rings. The Morgan fingerprint density at radius 1 is 0.886 bits per heavy atom. The number of rotatable bonds is 6. The van der Waals surface area contributed by atoms with Crippen LogP contribution in [0.25, 0.3) is 28.3 Å². The first-order valence-corrected chi connectivity index (χ1v) is 12.8. The van der Waals surface area contributed by atoms with E-state index in [1.165, 1.54) is 50.7 Å². The van der Waals surface area contributed by atoms with Gasteiger partial charge in [0.25, 0.3) is 0 Å². The standard InChI is InChI=1S/C28H31FN6/c1-18-16-23(31-21-6-2-3-7-21)17-35-26(25(34-27(18)35)19-10-12-20(29)13-11-19)24-14-15-30-28(33-24)32-22-8-4-5-9-22/h10-17,21-22,31H,2-9H2,1H3,(H,30,32,33). The van der Waals surface area contributed by atoms with Crippen LogP contribution in [0.3, 0.4) is 0 Å². The maximum Gasteiger partial charge on any atom is 0.223 e. The van der Waals surface area contributed by atoms with E-state index in [-0.39, 0.29) is 5.82 Å². The molecule has 6 rings (SSSR count). The minimum atomic E-state index is -0.261. The van der Waals surface area contributed by atoms with Crippen molar-refractivity contribution in [2.24, 2.45) is 0 Å². The number of halogens is 1. The fourth-order valence-corrected chi connectivity index (χ4v) is 5.56. The Morgan fingerprint density at radius 3 is 2.29 bits per heavy atom. The van der Waals surface area contributed by atoms with Crippen molar-refractivity contribution in [1.82, 2.24) is 19.4 Å². The van der Waals surface area contributed by atoms with Crippen molar-refractivity contribution >= 4 is 17.3 Å². The number of pyridine rings is 1. The zero-order chi connectivity index (χ0) is 23.8. The quantitative estimate of drug-likeness (QED) is 0.332. The summed E-state index contributed by atoms with van der Waals surface area (Å²) in [5.74, 6) is 0.384. The number of imidazole rings is 1. The van der Waals surface area contributed by atoms with E-state index in [4.69, 9.17) is 9.97 Å². The van der Waals surface area contributed by atoms with Crippen LogP contribution in [0, 0.1) is 12.7 Å². The van der Waals surface area contributed by atoms with Crippen LogP contribution >= 0.6 is 0 Å². The van der Waals surface area contributed by atoms with Crippen molar-refractivity contribution in [1.29, 1.82) is 0 Å². The van der Waals surface area contributed by atoms with Gasteiger partial charge in [-0.3, -0.25) is 4.40 Å². The fraction of sp³-hybridized carbons (Fsp3) is 0.393. The highest BCUT2D eigenvalue weighted by molar-refractivity contribution is 5.82. The summed E-state index contributed by atoms with van der Waals surface area (Å²) in [5, 5.41) is 7.24. The molecule has 0 atom stereocenters. The second kappa shape index (κ2) is 9.29. The number of nitrogens with zero attached hydrogens (tertiary/aromatic N) is 4. The minimum Gasteiger partial charge on any atom is -0.381 e. The molecule has 6 nitrogen and oxygen atoms in total. The van der Waals surface area contributed by atoms with E-state index in [1.54, 1.807) is 18.3 Å². The lowest BCUT2D eigenvalue weighted by Crippen LogP contribution is -2.16. The molecule has 3 aromatic heterocycles. The van der Waals surface area contributed by atoms with Crippen LogP contribution in [0.2, 0.25) is 0 Å². The molecule has 4 aromatic rings. The van der Waals surface area contributed by atoms with E-state index in [0.29, 0.717) is 18.0 Å². The molecule has 1 aromatic carbocycles. The molecule has 0 unspecified atom stereocenters. The Bertz CT molecular complexity index is 1330. The number of nitrogens with one attached hydrogen (secondary N) is 2. The molecular weight excluding hydrogens is 439 g/mol. The van der Waals surface area contributed by atoms with Gasteiger partial charge in [-0.05, 0) is 74.6 Å². The van der Waals surface area contributed by atoms with Crippen LogP contribution in [0.4, 0.5) is 16.0 Å². The number of fused-ring (bicyclic) bond motifs is 1. The van der Waals surface area contributed by atoms with Gasteiger partial charge in [0.2, 0.25) is 5.95 Å². The average Bonchev–Trinajstić information content (AvgIpc) is 3.62. The van der Waals surface area contributed by atoms with Crippen LogP contribution in [0.15, 0.2) is 48.8 Å². The lowest BCUT2D eigenvalue weighted by molar-refractivity contribution is 0.628. The third-order valence-electron chi connectivity index (χ3n) is 7.33. The Morgan fingerprint density at radius 2 is 1.57 bits per heavy atom. The third-order valence-corrected chi connectivity index (χ3v) is 7.33. The molecule has 35 heavy (non-hydrogen) atoms. The topological polar surface area (TPSA) is 67.1 Å². The van der Waals surface area contributed by atoms with Crippen LogP contribution < -0.4 is 10.6 Å². The molecule has 0 spiro atoms. The fourth-order valence-electron chi connectivity index (χ4n) is 5.56. The van der Waals surface area contributed by atoms with Crippen molar-refractivity contribution in [3.8, 4) is 22.6 Å². The summed E-state index contributed by atoms with van der Waals surface area (Å²) in [6.45, 7) is 2.09. The van der Waals surface area contributed by atoms with Gasteiger partial charge in [-0.15, -0.1) is 0 Å². The van der Waals surface area contributed by atoms with Crippen LogP contribution in [0.1, 0.15) is 56.9 Å². The minimum absolute atomic E-state index is 0.261. The first kappa shape index (κ1) is 22.0. The molecule has 180 valence electrons. The first-order chi connectivity index (χ1) is 17.1. The number of anilines is 2. The molecule has 0 aliphatic heterocycles. The van der Waals surface area contributed by atoms with Gasteiger partial charge >= 0.3 is 0 Å². The summed E-state index contributed by atoms with van der Waals surface area (Å²) in [6.07, 6.45) is 13.7.